The second-order valence-corrected chi connectivity index (χ2v) is 6.08. The lowest BCUT2D eigenvalue weighted by Gasteiger charge is -2.17. The molecule has 1 amide bonds. The number of amides is 1. The molecule has 1 atom stereocenters. The van der Waals surface area contributed by atoms with Gasteiger partial charge in [0.25, 0.3) is 11.5 Å². The number of carbonyl (C=O) groups excluding carboxylic acids is 1. The summed E-state index contributed by atoms with van der Waals surface area (Å²) in [4.78, 5) is 27.0. The van der Waals surface area contributed by atoms with E-state index in [1.54, 1.807) is 6.07 Å². The second kappa shape index (κ2) is 7.14. The van der Waals surface area contributed by atoms with Crippen molar-refractivity contribution < 1.29 is 18.7 Å². The molecule has 0 bridgehead atoms. The lowest BCUT2D eigenvalue weighted by Crippen LogP contribution is -2.34. The zero-order valence-electron chi connectivity index (χ0n) is 13.4. The monoisotopic (exact) mass is 348 g/mol. The quantitative estimate of drug-likeness (QED) is 0.790. The number of pyridine rings is 1. The number of aliphatic hydroxyl groups is 1. The number of aliphatic hydroxyl groups excluding tert-OH is 1. The topological polar surface area (TPSA) is 82.2 Å². The van der Waals surface area contributed by atoms with Crippen LogP contribution in [-0.2, 0) is 12.8 Å². The second-order valence-electron chi connectivity index (χ2n) is 6.08. The SMILES string of the molecule is O=C(NCC(O)c1c(F)cccc1F)c1cc2c([nH]c1=O)CCCC2. The van der Waals surface area contributed by atoms with E-state index < -0.39 is 41.3 Å². The number of nitrogens with one attached hydrogen (secondary N) is 2. The van der Waals surface area contributed by atoms with E-state index in [4.69, 9.17) is 0 Å². The summed E-state index contributed by atoms with van der Waals surface area (Å²) in [5, 5.41) is 12.3. The molecule has 0 saturated heterocycles. The minimum absolute atomic E-state index is 0.0677. The first kappa shape index (κ1) is 17.3. The highest BCUT2D eigenvalue weighted by molar-refractivity contribution is 5.94. The van der Waals surface area contributed by atoms with Crippen molar-refractivity contribution in [3.8, 4) is 0 Å². The third-order valence-corrected chi connectivity index (χ3v) is 4.37. The molecule has 0 fully saturated rings. The van der Waals surface area contributed by atoms with Gasteiger partial charge in [0.05, 0.1) is 5.56 Å². The van der Waals surface area contributed by atoms with Gasteiger partial charge in [0, 0.05) is 12.2 Å². The Morgan fingerprint density at radius 2 is 1.92 bits per heavy atom. The van der Waals surface area contributed by atoms with Gasteiger partial charge in [-0.2, -0.15) is 0 Å². The van der Waals surface area contributed by atoms with E-state index >= 15 is 0 Å². The van der Waals surface area contributed by atoms with Crippen LogP contribution in [-0.4, -0.2) is 22.5 Å². The average molecular weight is 348 g/mol. The van der Waals surface area contributed by atoms with Crippen LogP contribution < -0.4 is 10.9 Å². The van der Waals surface area contributed by atoms with E-state index in [-0.39, 0.29) is 5.56 Å². The molecule has 1 unspecified atom stereocenters. The van der Waals surface area contributed by atoms with Crippen molar-refractivity contribution in [2.24, 2.45) is 0 Å². The van der Waals surface area contributed by atoms with Crippen LogP contribution in [0.25, 0.3) is 0 Å². The van der Waals surface area contributed by atoms with Gasteiger partial charge >= 0.3 is 0 Å². The summed E-state index contributed by atoms with van der Waals surface area (Å²) in [6.07, 6.45) is 2.00. The normalized spacial score (nSPS) is 14.7. The van der Waals surface area contributed by atoms with Crippen molar-refractivity contribution in [2.75, 3.05) is 6.54 Å². The number of hydrogen-bond acceptors (Lipinski definition) is 3. The standard InChI is InChI=1S/C18H18F2N2O3/c19-12-5-3-6-13(20)16(12)15(23)9-21-17(24)11-8-10-4-1-2-7-14(10)22-18(11)25/h3,5-6,8,15,23H,1-2,4,7,9H2,(H,21,24)(H,22,25). The fourth-order valence-corrected chi connectivity index (χ4v) is 3.06. The van der Waals surface area contributed by atoms with Gasteiger partial charge in [-0.3, -0.25) is 9.59 Å². The average Bonchev–Trinajstić information content (AvgIpc) is 2.59. The van der Waals surface area contributed by atoms with Crippen molar-refractivity contribution >= 4 is 5.91 Å². The van der Waals surface area contributed by atoms with Crippen molar-refractivity contribution in [3.63, 3.8) is 0 Å². The summed E-state index contributed by atoms with van der Waals surface area (Å²) < 4.78 is 27.3. The molecule has 132 valence electrons. The maximum Gasteiger partial charge on any atom is 0.261 e. The molecule has 7 heteroatoms. The molecule has 1 aromatic heterocycles. The Hall–Kier alpha value is -2.54. The van der Waals surface area contributed by atoms with Crippen molar-refractivity contribution in [1.82, 2.24) is 10.3 Å². The number of aryl methyl sites for hydroxylation is 2. The van der Waals surface area contributed by atoms with Gasteiger partial charge in [0.2, 0.25) is 0 Å². The molecule has 25 heavy (non-hydrogen) atoms. The van der Waals surface area contributed by atoms with Crippen LogP contribution >= 0.6 is 0 Å². The van der Waals surface area contributed by atoms with Crippen LogP contribution in [0.4, 0.5) is 8.78 Å². The van der Waals surface area contributed by atoms with Crippen molar-refractivity contribution in [2.45, 2.75) is 31.8 Å². The van der Waals surface area contributed by atoms with E-state index in [1.807, 2.05) is 0 Å². The van der Waals surface area contributed by atoms with Gasteiger partial charge in [0.15, 0.2) is 0 Å². The number of rotatable bonds is 4. The molecule has 3 rings (SSSR count). The van der Waals surface area contributed by atoms with Crippen molar-refractivity contribution in [1.29, 1.82) is 0 Å². The van der Waals surface area contributed by atoms with E-state index in [0.29, 0.717) is 0 Å². The Morgan fingerprint density at radius 1 is 1.24 bits per heavy atom. The van der Waals surface area contributed by atoms with Gasteiger partial charge in [0.1, 0.15) is 23.3 Å². The summed E-state index contributed by atoms with van der Waals surface area (Å²) in [7, 11) is 0. The first-order valence-electron chi connectivity index (χ1n) is 8.12. The largest absolute Gasteiger partial charge is 0.386 e. The van der Waals surface area contributed by atoms with Crippen LogP contribution in [0.5, 0.6) is 0 Å². The Balaban J connectivity index is 1.74. The van der Waals surface area contributed by atoms with Gasteiger partial charge < -0.3 is 15.4 Å². The number of fused-ring (bicyclic) bond motifs is 1. The molecule has 5 nitrogen and oxygen atoms in total. The first-order chi connectivity index (χ1) is 12.0. The number of aromatic nitrogens is 1. The number of H-pyrrole nitrogens is 1. The lowest BCUT2D eigenvalue weighted by atomic mass is 9.95. The van der Waals surface area contributed by atoms with Crippen LogP contribution in [0.3, 0.4) is 0 Å². The summed E-state index contributed by atoms with van der Waals surface area (Å²) in [6, 6.07) is 4.79. The van der Waals surface area contributed by atoms with E-state index in [0.717, 1.165) is 49.1 Å². The first-order valence-corrected chi connectivity index (χ1v) is 8.12. The lowest BCUT2D eigenvalue weighted by molar-refractivity contribution is 0.0909. The Labute approximate surface area is 142 Å². The zero-order chi connectivity index (χ0) is 18.0. The number of benzene rings is 1. The Bertz CT molecular complexity index is 844. The fourth-order valence-electron chi connectivity index (χ4n) is 3.06. The maximum absolute atomic E-state index is 13.6. The molecule has 3 N–H and O–H groups in total. The number of carbonyl (C=O) groups is 1. The predicted octanol–water partition coefficient (Wildman–Crippen LogP) is 2.00. The third kappa shape index (κ3) is 3.61. The zero-order valence-corrected chi connectivity index (χ0v) is 13.4. The van der Waals surface area contributed by atoms with Crippen LogP contribution in [0.2, 0.25) is 0 Å². The molecule has 0 aliphatic heterocycles. The molecule has 0 saturated carbocycles. The van der Waals surface area contributed by atoms with Gasteiger partial charge in [-0.25, -0.2) is 8.78 Å². The molecule has 1 aliphatic carbocycles. The van der Waals surface area contributed by atoms with Gasteiger partial charge in [-0.1, -0.05) is 6.07 Å². The number of halogens is 2. The highest BCUT2D eigenvalue weighted by Crippen LogP contribution is 2.21. The fraction of sp³-hybridized carbons (Fsp3) is 0.333. The Kier molecular flexibility index (Phi) is 4.94. The van der Waals surface area contributed by atoms with E-state index in [1.165, 1.54) is 6.07 Å². The van der Waals surface area contributed by atoms with Crippen LogP contribution in [0, 0.1) is 11.6 Å². The summed E-state index contributed by atoms with van der Waals surface area (Å²) >= 11 is 0. The minimum Gasteiger partial charge on any atom is -0.386 e. The van der Waals surface area contributed by atoms with Crippen LogP contribution in [0.1, 0.15) is 46.1 Å². The number of hydrogen-bond donors (Lipinski definition) is 3. The molecule has 0 spiro atoms. The van der Waals surface area contributed by atoms with E-state index in [9.17, 15) is 23.5 Å². The third-order valence-electron chi connectivity index (χ3n) is 4.37. The molecule has 1 aliphatic rings. The maximum atomic E-state index is 13.6. The predicted molar refractivity (Wildman–Crippen MR) is 87.4 cm³/mol. The summed E-state index contributed by atoms with van der Waals surface area (Å²) in [6.45, 7) is -0.410. The number of aromatic amines is 1. The smallest absolute Gasteiger partial charge is 0.261 e. The molecular formula is C18H18F2N2O3. The summed E-state index contributed by atoms with van der Waals surface area (Å²) in [5.74, 6) is -2.48. The molecule has 1 heterocycles. The molecule has 1 aromatic carbocycles. The summed E-state index contributed by atoms with van der Waals surface area (Å²) in [5.41, 5.74) is 0.687. The van der Waals surface area contributed by atoms with Gasteiger partial charge in [-0.05, 0) is 49.4 Å². The van der Waals surface area contributed by atoms with E-state index in [2.05, 4.69) is 10.3 Å². The highest BCUT2D eigenvalue weighted by Gasteiger charge is 2.21. The van der Waals surface area contributed by atoms with Crippen molar-refractivity contribution in [3.05, 3.63) is 68.6 Å². The molecule has 2 aromatic rings. The molecular weight excluding hydrogens is 330 g/mol. The highest BCUT2D eigenvalue weighted by atomic mass is 19.1. The van der Waals surface area contributed by atoms with Gasteiger partial charge in [-0.15, -0.1) is 0 Å². The molecule has 0 radical (unpaired) electrons. The minimum atomic E-state index is -1.55. The Morgan fingerprint density at radius 3 is 2.64 bits per heavy atom. The van der Waals surface area contributed by atoms with Crippen LogP contribution in [0.15, 0.2) is 29.1 Å².